The molecule has 0 aliphatic heterocycles. The summed E-state index contributed by atoms with van der Waals surface area (Å²) >= 11 is 0. The van der Waals surface area contributed by atoms with Gasteiger partial charge in [0.15, 0.2) is 0 Å². The Hall–Kier alpha value is -1.80. The van der Waals surface area contributed by atoms with E-state index in [9.17, 15) is 0 Å². The lowest BCUT2D eigenvalue weighted by atomic mass is 10.1. The van der Waals surface area contributed by atoms with Gasteiger partial charge in [0.2, 0.25) is 0 Å². The molecule has 1 atom stereocenters. The minimum atomic E-state index is 0.0637. The third kappa shape index (κ3) is 3.58. The Kier molecular flexibility index (Phi) is 4.23. The molecule has 2 nitrogen and oxygen atoms in total. The molecule has 2 aromatic rings. The smallest absolute Gasteiger partial charge is 0.119 e. The van der Waals surface area contributed by atoms with Crippen LogP contribution < -0.4 is 10.5 Å². The largest absolute Gasteiger partial charge is 0.489 e. The maximum atomic E-state index is 5.82. The van der Waals surface area contributed by atoms with Crippen molar-refractivity contribution < 1.29 is 4.74 Å². The Balaban J connectivity index is 2.00. The second-order valence-electron chi connectivity index (χ2n) is 5.06. The molecule has 0 fully saturated rings. The molecular formula is C17H21NO. The summed E-state index contributed by atoms with van der Waals surface area (Å²) in [6.45, 7) is 6.81. The average Bonchev–Trinajstić information content (AvgIpc) is 2.40. The first-order valence-corrected chi connectivity index (χ1v) is 6.61. The van der Waals surface area contributed by atoms with Crippen molar-refractivity contribution in [2.24, 2.45) is 5.73 Å². The lowest BCUT2D eigenvalue weighted by Gasteiger charge is -2.10. The number of rotatable bonds is 4. The van der Waals surface area contributed by atoms with Crippen molar-refractivity contribution in [3.05, 3.63) is 64.7 Å². The third-order valence-corrected chi connectivity index (χ3v) is 3.38. The van der Waals surface area contributed by atoms with Crippen LogP contribution in [0.3, 0.4) is 0 Å². The first kappa shape index (κ1) is 13.6. The lowest BCUT2D eigenvalue weighted by molar-refractivity contribution is 0.306. The molecule has 0 heterocycles. The number of hydrogen-bond acceptors (Lipinski definition) is 2. The quantitative estimate of drug-likeness (QED) is 0.899. The van der Waals surface area contributed by atoms with Crippen LogP contribution in [0.1, 0.15) is 35.2 Å². The molecule has 0 aliphatic carbocycles. The highest BCUT2D eigenvalue weighted by atomic mass is 16.5. The molecular weight excluding hydrogens is 234 g/mol. The summed E-state index contributed by atoms with van der Waals surface area (Å²) < 4.78 is 5.78. The lowest BCUT2D eigenvalue weighted by Crippen LogP contribution is -2.04. The van der Waals surface area contributed by atoms with E-state index in [1.165, 1.54) is 16.7 Å². The van der Waals surface area contributed by atoms with E-state index in [2.05, 4.69) is 32.0 Å². The Morgan fingerprint density at radius 1 is 1.00 bits per heavy atom. The van der Waals surface area contributed by atoms with Gasteiger partial charge in [-0.2, -0.15) is 0 Å². The molecule has 0 radical (unpaired) electrons. The van der Waals surface area contributed by atoms with Crippen molar-refractivity contribution in [1.29, 1.82) is 0 Å². The van der Waals surface area contributed by atoms with E-state index in [0.29, 0.717) is 6.61 Å². The van der Waals surface area contributed by atoms with Gasteiger partial charge < -0.3 is 10.5 Å². The second kappa shape index (κ2) is 5.89. The molecule has 2 heteroatoms. The van der Waals surface area contributed by atoms with Crippen LogP contribution >= 0.6 is 0 Å². The van der Waals surface area contributed by atoms with Gasteiger partial charge in [-0.3, -0.25) is 0 Å². The molecule has 0 aliphatic rings. The minimum absolute atomic E-state index is 0.0637. The number of ether oxygens (including phenoxy) is 1. The average molecular weight is 255 g/mol. The van der Waals surface area contributed by atoms with Crippen LogP contribution in [-0.4, -0.2) is 0 Å². The normalized spacial score (nSPS) is 12.2. The maximum Gasteiger partial charge on any atom is 0.119 e. The number of nitrogens with two attached hydrogens (primary N) is 1. The molecule has 2 N–H and O–H groups in total. The van der Waals surface area contributed by atoms with Gasteiger partial charge in [0.05, 0.1) is 0 Å². The van der Waals surface area contributed by atoms with Crippen molar-refractivity contribution in [3.8, 4) is 5.75 Å². The Morgan fingerprint density at radius 2 is 1.68 bits per heavy atom. The van der Waals surface area contributed by atoms with E-state index >= 15 is 0 Å². The Bertz CT molecular complexity index is 544. The summed E-state index contributed by atoms with van der Waals surface area (Å²) in [6.07, 6.45) is 0. The topological polar surface area (TPSA) is 35.2 Å². The third-order valence-electron chi connectivity index (χ3n) is 3.38. The van der Waals surface area contributed by atoms with Crippen molar-refractivity contribution in [1.82, 2.24) is 0 Å². The van der Waals surface area contributed by atoms with Gasteiger partial charge in [0.25, 0.3) is 0 Å². The predicted octanol–water partition coefficient (Wildman–Crippen LogP) is 3.90. The molecule has 0 amide bonds. The highest BCUT2D eigenvalue weighted by Crippen LogP contribution is 2.18. The first-order valence-electron chi connectivity index (χ1n) is 6.61. The molecule has 0 saturated heterocycles. The molecule has 0 bridgehead atoms. The van der Waals surface area contributed by atoms with Gasteiger partial charge in [-0.05, 0) is 55.2 Å². The summed E-state index contributed by atoms with van der Waals surface area (Å²) in [6, 6.07) is 14.5. The van der Waals surface area contributed by atoms with Gasteiger partial charge >= 0.3 is 0 Å². The van der Waals surface area contributed by atoms with Crippen LogP contribution in [0.4, 0.5) is 0 Å². The van der Waals surface area contributed by atoms with Gasteiger partial charge in [0.1, 0.15) is 12.4 Å². The van der Waals surface area contributed by atoms with Crippen LogP contribution in [0.2, 0.25) is 0 Å². The maximum absolute atomic E-state index is 5.82. The second-order valence-corrected chi connectivity index (χ2v) is 5.06. The summed E-state index contributed by atoms with van der Waals surface area (Å²) in [5.74, 6) is 0.877. The SMILES string of the molecule is Cc1ccc(COc2ccc([C@@H](C)N)cc2)cc1C. The molecule has 2 rings (SSSR count). The number of aryl methyl sites for hydroxylation is 2. The molecule has 19 heavy (non-hydrogen) atoms. The summed E-state index contributed by atoms with van der Waals surface area (Å²) in [4.78, 5) is 0. The fraction of sp³-hybridized carbons (Fsp3) is 0.294. The number of benzene rings is 2. The summed E-state index contributed by atoms with van der Waals surface area (Å²) in [7, 11) is 0. The van der Waals surface area contributed by atoms with E-state index in [1.54, 1.807) is 0 Å². The van der Waals surface area contributed by atoms with Crippen LogP contribution in [-0.2, 0) is 6.61 Å². The van der Waals surface area contributed by atoms with Gasteiger partial charge in [-0.1, -0.05) is 30.3 Å². The van der Waals surface area contributed by atoms with Crippen molar-refractivity contribution in [2.45, 2.75) is 33.4 Å². The molecule has 2 aromatic carbocycles. The molecule has 0 aromatic heterocycles. The van der Waals surface area contributed by atoms with E-state index in [1.807, 2.05) is 31.2 Å². The van der Waals surface area contributed by atoms with Gasteiger partial charge in [-0.25, -0.2) is 0 Å². The van der Waals surface area contributed by atoms with E-state index < -0.39 is 0 Å². The van der Waals surface area contributed by atoms with Crippen molar-refractivity contribution in [3.63, 3.8) is 0 Å². The van der Waals surface area contributed by atoms with Crippen molar-refractivity contribution >= 4 is 0 Å². The number of hydrogen-bond donors (Lipinski definition) is 1. The van der Waals surface area contributed by atoms with Crippen LogP contribution in [0.5, 0.6) is 5.75 Å². The molecule has 0 spiro atoms. The Labute approximate surface area is 115 Å². The fourth-order valence-electron chi connectivity index (χ4n) is 1.93. The van der Waals surface area contributed by atoms with Gasteiger partial charge in [0, 0.05) is 6.04 Å². The first-order chi connectivity index (χ1) is 9.06. The van der Waals surface area contributed by atoms with E-state index in [-0.39, 0.29) is 6.04 Å². The van der Waals surface area contributed by atoms with Crippen LogP contribution in [0.15, 0.2) is 42.5 Å². The van der Waals surface area contributed by atoms with Crippen molar-refractivity contribution in [2.75, 3.05) is 0 Å². The summed E-state index contributed by atoms with van der Waals surface area (Å²) in [5, 5.41) is 0. The fourth-order valence-corrected chi connectivity index (χ4v) is 1.93. The van der Waals surface area contributed by atoms with E-state index in [4.69, 9.17) is 10.5 Å². The standard InChI is InChI=1S/C17H21NO/c1-12-4-5-15(10-13(12)2)11-19-17-8-6-16(7-9-17)14(3)18/h4-10,14H,11,18H2,1-3H3/t14-/m1/s1. The Morgan fingerprint density at radius 3 is 2.26 bits per heavy atom. The van der Waals surface area contributed by atoms with Gasteiger partial charge in [-0.15, -0.1) is 0 Å². The predicted molar refractivity (Wildman–Crippen MR) is 79.3 cm³/mol. The zero-order chi connectivity index (χ0) is 13.8. The monoisotopic (exact) mass is 255 g/mol. The zero-order valence-electron chi connectivity index (χ0n) is 11.8. The highest BCUT2D eigenvalue weighted by Gasteiger charge is 2.01. The minimum Gasteiger partial charge on any atom is -0.489 e. The van der Waals surface area contributed by atoms with E-state index in [0.717, 1.165) is 11.3 Å². The molecule has 0 unspecified atom stereocenters. The van der Waals surface area contributed by atoms with Crippen LogP contribution in [0, 0.1) is 13.8 Å². The molecule has 100 valence electrons. The summed E-state index contributed by atoms with van der Waals surface area (Å²) in [5.41, 5.74) is 10.7. The van der Waals surface area contributed by atoms with Crippen LogP contribution in [0.25, 0.3) is 0 Å². The zero-order valence-corrected chi connectivity index (χ0v) is 11.8. The molecule has 0 saturated carbocycles. The highest BCUT2D eigenvalue weighted by molar-refractivity contribution is 5.31.